The second kappa shape index (κ2) is 9.10. The molecule has 1 aromatic carbocycles. The Labute approximate surface area is 159 Å². The molecule has 1 aromatic rings. The molecule has 27 heavy (non-hydrogen) atoms. The van der Waals surface area contributed by atoms with E-state index in [4.69, 9.17) is 5.73 Å². The molecule has 150 valence electrons. The molecule has 0 saturated carbocycles. The van der Waals surface area contributed by atoms with Gasteiger partial charge in [0.2, 0.25) is 0 Å². The zero-order valence-electron chi connectivity index (χ0n) is 15.8. The zero-order valence-corrected chi connectivity index (χ0v) is 15.8. The summed E-state index contributed by atoms with van der Waals surface area (Å²) in [6.45, 7) is 1.32. The van der Waals surface area contributed by atoms with E-state index >= 15 is 0 Å². The van der Waals surface area contributed by atoms with Crippen molar-refractivity contribution in [3.63, 3.8) is 0 Å². The molecule has 2 rings (SSSR count). The van der Waals surface area contributed by atoms with Crippen LogP contribution in [0.4, 0.5) is 13.2 Å². The normalized spacial score (nSPS) is 19.0. The third-order valence-electron chi connectivity index (χ3n) is 5.62. The fraction of sp³-hybridized carbons (Fsp3) is 0.632. The van der Waals surface area contributed by atoms with E-state index in [1.54, 1.807) is 6.07 Å². The van der Waals surface area contributed by atoms with Crippen LogP contribution >= 0.6 is 0 Å². The molecule has 0 spiro atoms. The molecule has 0 aromatic heterocycles. The van der Waals surface area contributed by atoms with Crippen LogP contribution in [0.25, 0.3) is 0 Å². The number of unbranched alkanes of at least 4 members (excludes halogenated alkanes) is 1. The number of halogens is 3. The molecule has 0 aliphatic carbocycles. The number of benzene rings is 1. The minimum absolute atomic E-state index is 0.152. The van der Waals surface area contributed by atoms with Gasteiger partial charge in [0, 0.05) is 6.54 Å². The lowest BCUT2D eigenvalue weighted by molar-refractivity contribution is -0.147. The highest BCUT2D eigenvalue weighted by atomic mass is 19.4. The molecular weight excluding hydrogens is 356 g/mol. The average Bonchev–Trinajstić information content (AvgIpc) is 2.62. The van der Waals surface area contributed by atoms with E-state index in [0.717, 1.165) is 25.2 Å². The number of hydrogen-bond donors (Lipinski definition) is 2. The van der Waals surface area contributed by atoms with Crippen molar-refractivity contribution in [3.05, 3.63) is 35.4 Å². The van der Waals surface area contributed by atoms with Crippen molar-refractivity contribution in [1.82, 2.24) is 4.90 Å². The van der Waals surface area contributed by atoms with Gasteiger partial charge in [0.25, 0.3) is 0 Å². The highest BCUT2D eigenvalue weighted by Gasteiger charge is 2.43. The van der Waals surface area contributed by atoms with Crippen molar-refractivity contribution in [2.75, 3.05) is 13.1 Å². The van der Waals surface area contributed by atoms with Crippen LogP contribution < -0.4 is 5.73 Å². The summed E-state index contributed by atoms with van der Waals surface area (Å²) < 4.78 is 39.5. The molecule has 1 saturated heterocycles. The number of likely N-dealkylation sites (tertiary alicyclic amines) is 1. The third kappa shape index (κ3) is 5.48. The van der Waals surface area contributed by atoms with Crippen LogP contribution in [0.2, 0.25) is 6.32 Å². The maximum atomic E-state index is 13.2. The first-order chi connectivity index (χ1) is 12.7. The zero-order chi connectivity index (χ0) is 20.1. The molecule has 1 atom stereocenters. The van der Waals surface area contributed by atoms with Crippen molar-refractivity contribution >= 4 is 13.8 Å². The van der Waals surface area contributed by atoms with Gasteiger partial charge in [0.05, 0.1) is 5.56 Å². The largest absolute Gasteiger partial charge is 0.480 e. The number of nitrogens with zero attached hydrogens (tertiary/aromatic N) is 1. The number of carboxylic acids is 1. The summed E-state index contributed by atoms with van der Waals surface area (Å²) in [4.78, 5) is 13.7. The quantitative estimate of drug-likeness (QED) is 0.534. The minimum Gasteiger partial charge on any atom is -0.480 e. The second-order valence-electron chi connectivity index (χ2n) is 7.51. The number of aliphatic carboxylic acids is 1. The van der Waals surface area contributed by atoms with Crippen LogP contribution in [-0.2, 0) is 17.5 Å². The summed E-state index contributed by atoms with van der Waals surface area (Å²) in [6, 6.07) is 5.61. The molecule has 1 aliphatic heterocycles. The fourth-order valence-electron chi connectivity index (χ4n) is 3.94. The summed E-state index contributed by atoms with van der Waals surface area (Å²) in [5.74, 6) is -1.12. The van der Waals surface area contributed by atoms with Crippen molar-refractivity contribution in [2.24, 2.45) is 11.7 Å². The van der Waals surface area contributed by atoms with Gasteiger partial charge in [0.1, 0.15) is 13.4 Å². The molecule has 0 amide bonds. The number of nitrogens with two attached hydrogens (primary N) is 1. The number of piperidine rings is 1. The van der Waals surface area contributed by atoms with Gasteiger partial charge in [-0.05, 0) is 49.9 Å². The first-order valence-corrected chi connectivity index (χ1v) is 9.58. The van der Waals surface area contributed by atoms with E-state index in [9.17, 15) is 23.1 Å². The van der Waals surface area contributed by atoms with Crippen molar-refractivity contribution in [3.8, 4) is 0 Å². The number of hydrogen-bond acceptors (Lipinski definition) is 3. The Balaban J connectivity index is 2.00. The Bertz CT molecular complexity index is 634. The Kier molecular flexibility index (Phi) is 7.34. The molecule has 0 bridgehead atoms. The molecule has 3 N–H and O–H groups in total. The van der Waals surface area contributed by atoms with E-state index < -0.39 is 23.2 Å². The lowest BCUT2D eigenvalue weighted by atomic mass is 9.75. The first kappa shape index (κ1) is 21.8. The second-order valence-corrected chi connectivity index (χ2v) is 7.51. The van der Waals surface area contributed by atoms with Crippen LogP contribution in [0.5, 0.6) is 0 Å². The van der Waals surface area contributed by atoms with Crippen molar-refractivity contribution < 1.29 is 23.1 Å². The Morgan fingerprint density at radius 2 is 1.85 bits per heavy atom. The molecule has 0 radical (unpaired) electrons. The van der Waals surface area contributed by atoms with Crippen LogP contribution in [0.3, 0.4) is 0 Å². The topological polar surface area (TPSA) is 66.6 Å². The standard InChI is InChI=1S/C19H28BF3N2O2/c20-10-4-3-9-18(24,17(26)27)15-7-11-25(12-8-15)13-14-5-1-2-6-16(14)19(21,22)23/h1-2,5-6,15H,3-4,7-13,20,24H2,(H,26,27). The number of carboxylic acid groups (broad SMARTS) is 1. The Hall–Kier alpha value is -1.54. The average molecular weight is 384 g/mol. The monoisotopic (exact) mass is 384 g/mol. The van der Waals surface area contributed by atoms with Gasteiger partial charge in [-0.1, -0.05) is 37.4 Å². The van der Waals surface area contributed by atoms with Gasteiger partial charge in [-0.3, -0.25) is 9.69 Å². The van der Waals surface area contributed by atoms with E-state index in [2.05, 4.69) is 7.85 Å². The first-order valence-electron chi connectivity index (χ1n) is 9.58. The number of carbonyl (C=O) groups is 1. The van der Waals surface area contributed by atoms with E-state index in [1.807, 2.05) is 4.90 Å². The molecule has 1 heterocycles. The maximum absolute atomic E-state index is 13.2. The van der Waals surface area contributed by atoms with Crippen molar-refractivity contribution in [1.29, 1.82) is 0 Å². The van der Waals surface area contributed by atoms with E-state index in [0.29, 0.717) is 32.4 Å². The van der Waals surface area contributed by atoms with Gasteiger partial charge in [0.15, 0.2) is 0 Å². The fourth-order valence-corrected chi connectivity index (χ4v) is 3.94. The van der Waals surface area contributed by atoms with Crippen LogP contribution in [0.15, 0.2) is 24.3 Å². The lowest BCUT2D eigenvalue weighted by Crippen LogP contribution is -2.56. The highest BCUT2D eigenvalue weighted by molar-refractivity contribution is 6.08. The maximum Gasteiger partial charge on any atom is 0.416 e. The van der Waals surface area contributed by atoms with E-state index in [1.165, 1.54) is 12.1 Å². The van der Waals surface area contributed by atoms with Gasteiger partial charge in [-0.25, -0.2) is 0 Å². The van der Waals surface area contributed by atoms with Gasteiger partial charge in [-0.15, -0.1) is 0 Å². The summed E-state index contributed by atoms with van der Waals surface area (Å²) >= 11 is 0. The molecule has 1 fully saturated rings. The molecule has 1 unspecified atom stereocenters. The molecule has 8 heteroatoms. The van der Waals surface area contributed by atoms with Crippen molar-refractivity contribution in [2.45, 2.75) is 56.7 Å². The smallest absolute Gasteiger partial charge is 0.416 e. The predicted molar refractivity (Wildman–Crippen MR) is 101 cm³/mol. The highest BCUT2D eigenvalue weighted by Crippen LogP contribution is 2.34. The predicted octanol–water partition coefficient (Wildman–Crippen LogP) is 2.92. The summed E-state index contributed by atoms with van der Waals surface area (Å²) in [6.07, 6.45) is -0.0432. The molecule has 1 aliphatic rings. The SMILES string of the molecule is BCCCCC(N)(C(=O)O)C1CCN(Cc2ccccc2C(F)(F)F)CC1. The third-order valence-corrected chi connectivity index (χ3v) is 5.62. The Morgan fingerprint density at radius 1 is 1.22 bits per heavy atom. The van der Waals surface area contributed by atoms with Gasteiger partial charge < -0.3 is 10.8 Å². The minimum atomic E-state index is -4.37. The van der Waals surface area contributed by atoms with Crippen LogP contribution in [0, 0.1) is 5.92 Å². The summed E-state index contributed by atoms with van der Waals surface area (Å²) in [5.41, 5.74) is 4.67. The molecule has 4 nitrogen and oxygen atoms in total. The van der Waals surface area contributed by atoms with Crippen LogP contribution in [-0.4, -0.2) is 42.5 Å². The summed E-state index contributed by atoms with van der Waals surface area (Å²) in [5, 5.41) is 9.65. The number of rotatable bonds is 8. The van der Waals surface area contributed by atoms with Crippen LogP contribution in [0.1, 0.15) is 43.2 Å². The lowest BCUT2D eigenvalue weighted by Gasteiger charge is -2.40. The molecular formula is C19H28BF3N2O2. The summed E-state index contributed by atoms with van der Waals surface area (Å²) in [7, 11) is 2.05. The van der Waals surface area contributed by atoms with E-state index in [-0.39, 0.29) is 18.0 Å². The Morgan fingerprint density at radius 3 is 2.41 bits per heavy atom. The van der Waals surface area contributed by atoms with Gasteiger partial charge in [-0.2, -0.15) is 13.2 Å². The number of alkyl halides is 3. The van der Waals surface area contributed by atoms with Gasteiger partial charge >= 0.3 is 12.1 Å².